The van der Waals surface area contributed by atoms with E-state index in [-0.39, 0.29) is 4.90 Å². The Labute approximate surface area is 111 Å². The highest BCUT2D eigenvalue weighted by Crippen LogP contribution is 2.27. The molecule has 0 aliphatic heterocycles. The lowest BCUT2D eigenvalue weighted by Gasteiger charge is -2.10. The van der Waals surface area contributed by atoms with Gasteiger partial charge in [0.15, 0.2) is 0 Å². The van der Waals surface area contributed by atoms with Gasteiger partial charge in [-0.25, -0.2) is 13.6 Å². The third-order valence-corrected chi connectivity index (χ3v) is 3.55. The Bertz CT molecular complexity index is 721. The normalized spacial score (nSPS) is 11.5. The minimum absolute atomic E-state index is 0.0456. The molecule has 102 valence electrons. The average molecular weight is 281 g/mol. The van der Waals surface area contributed by atoms with E-state index in [4.69, 9.17) is 10.9 Å². The van der Waals surface area contributed by atoms with Crippen LogP contribution in [0.4, 0.5) is 17.1 Å². The fraction of sp³-hybridized carbons (Fsp3) is 0.182. The summed E-state index contributed by atoms with van der Waals surface area (Å²) in [6.45, 7) is 1.82. The minimum atomic E-state index is -3.85. The molecule has 0 radical (unpaired) electrons. The van der Waals surface area contributed by atoms with Crippen molar-refractivity contribution in [3.8, 4) is 0 Å². The van der Waals surface area contributed by atoms with Crippen LogP contribution in [0.25, 0.3) is 0 Å². The van der Waals surface area contributed by atoms with Crippen molar-refractivity contribution < 1.29 is 8.42 Å². The van der Waals surface area contributed by atoms with Crippen molar-refractivity contribution in [2.24, 2.45) is 12.2 Å². The fourth-order valence-corrected chi connectivity index (χ4v) is 2.47. The number of nitrogens with zero attached hydrogens (tertiary/aromatic N) is 2. The molecule has 0 aliphatic carbocycles. The Morgan fingerprint density at radius 1 is 1.32 bits per heavy atom. The smallest absolute Gasteiger partial charge is 0.240 e. The molecule has 1 aromatic heterocycles. The van der Waals surface area contributed by atoms with E-state index >= 15 is 0 Å². The van der Waals surface area contributed by atoms with Gasteiger partial charge in [0, 0.05) is 18.9 Å². The van der Waals surface area contributed by atoms with E-state index in [1.165, 1.54) is 6.07 Å². The second-order valence-corrected chi connectivity index (χ2v) is 5.76. The summed E-state index contributed by atoms with van der Waals surface area (Å²) in [5.74, 6) is 0. The van der Waals surface area contributed by atoms with Gasteiger partial charge in [0.2, 0.25) is 10.0 Å². The molecule has 1 aromatic carbocycles. The SMILES string of the molecule is Cc1nn(C)cc1Nc1ccc(N)cc1S(N)(=O)=O. The maximum Gasteiger partial charge on any atom is 0.240 e. The van der Waals surface area contributed by atoms with E-state index in [1.54, 1.807) is 30.1 Å². The number of aryl methyl sites for hydroxylation is 2. The van der Waals surface area contributed by atoms with E-state index < -0.39 is 10.0 Å². The zero-order chi connectivity index (χ0) is 14.2. The minimum Gasteiger partial charge on any atom is -0.399 e. The molecule has 7 nitrogen and oxygen atoms in total. The van der Waals surface area contributed by atoms with Crippen LogP contribution in [0.5, 0.6) is 0 Å². The monoisotopic (exact) mass is 281 g/mol. The van der Waals surface area contributed by atoms with Crippen molar-refractivity contribution in [3.05, 3.63) is 30.1 Å². The number of rotatable bonds is 3. The third-order valence-electron chi connectivity index (χ3n) is 2.59. The maximum atomic E-state index is 11.5. The van der Waals surface area contributed by atoms with Gasteiger partial charge in [-0.3, -0.25) is 4.68 Å². The van der Waals surface area contributed by atoms with E-state index in [0.29, 0.717) is 17.1 Å². The molecule has 0 atom stereocenters. The van der Waals surface area contributed by atoms with Crippen molar-refractivity contribution in [1.82, 2.24) is 9.78 Å². The van der Waals surface area contributed by atoms with Gasteiger partial charge < -0.3 is 11.1 Å². The molecule has 0 fully saturated rings. The third kappa shape index (κ3) is 2.85. The standard InChI is InChI=1S/C11H15N5O2S/c1-7-10(6-16(2)15-7)14-9-4-3-8(12)5-11(9)19(13,17)18/h3-6,14H,12H2,1-2H3,(H2,13,17,18). The number of benzene rings is 1. The molecule has 19 heavy (non-hydrogen) atoms. The van der Waals surface area contributed by atoms with Crippen molar-refractivity contribution >= 4 is 27.1 Å². The van der Waals surface area contributed by atoms with Crippen LogP contribution in [0.15, 0.2) is 29.3 Å². The lowest BCUT2D eigenvalue weighted by molar-refractivity contribution is 0.598. The van der Waals surface area contributed by atoms with Crippen LogP contribution in [0.1, 0.15) is 5.69 Å². The lowest BCUT2D eigenvalue weighted by atomic mass is 10.2. The number of hydrogen-bond acceptors (Lipinski definition) is 5. The van der Waals surface area contributed by atoms with Crippen molar-refractivity contribution in [2.75, 3.05) is 11.1 Å². The molecular formula is C11H15N5O2S. The number of nitrogen functional groups attached to an aromatic ring is 1. The fourth-order valence-electron chi connectivity index (χ4n) is 1.74. The molecule has 1 heterocycles. The van der Waals surface area contributed by atoms with Crippen LogP contribution in [-0.2, 0) is 17.1 Å². The molecule has 0 unspecified atom stereocenters. The molecule has 5 N–H and O–H groups in total. The van der Waals surface area contributed by atoms with Gasteiger partial charge in [-0.05, 0) is 25.1 Å². The molecule has 0 saturated carbocycles. The van der Waals surface area contributed by atoms with E-state index in [9.17, 15) is 8.42 Å². The van der Waals surface area contributed by atoms with E-state index in [1.807, 2.05) is 6.92 Å². The quantitative estimate of drug-likeness (QED) is 0.716. The first-order valence-corrected chi connectivity index (χ1v) is 7.01. The molecule has 8 heteroatoms. The number of nitrogens with two attached hydrogens (primary N) is 2. The van der Waals surface area contributed by atoms with Crippen LogP contribution < -0.4 is 16.2 Å². The summed E-state index contributed by atoms with van der Waals surface area (Å²) in [6, 6.07) is 4.49. The van der Waals surface area contributed by atoms with Crippen molar-refractivity contribution in [1.29, 1.82) is 0 Å². The van der Waals surface area contributed by atoms with Gasteiger partial charge in [0.1, 0.15) is 4.90 Å². The highest BCUT2D eigenvalue weighted by atomic mass is 32.2. The van der Waals surface area contributed by atoms with Crippen LogP contribution >= 0.6 is 0 Å². The number of aromatic nitrogens is 2. The average Bonchev–Trinajstić information content (AvgIpc) is 2.58. The van der Waals surface area contributed by atoms with Gasteiger partial charge in [-0.2, -0.15) is 5.10 Å². The summed E-state index contributed by atoms with van der Waals surface area (Å²) < 4.78 is 24.7. The van der Waals surface area contributed by atoms with Gasteiger partial charge in [-0.15, -0.1) is 0 Å². The first kappa shape index (κ1) is 13.4. The Kier molecular flexibility index (Phi) is 3.21. The van der Waals surface area contributed by atoms with Crippen LogP contribution in [0, 0.1) is 6.92 Å². The largest absolute Gasteiger partial charge is 0.399 e. The van der Waals surface area contributed by atoms with Gasteiger partial charge in [-0.1, -0.05) is 0 Å². The first-order valence-electron chi connectivity index (χ1n) is 5.47. The van der Waals surface area contributed by atoms with Gasteiger partial charge in [0.05, 0.1) is 17.1 Å². The van der Waals surface area contributed by atoms with Crippen molar-refractivity contribution in [2.45, 2.75) is 11.8 Å². The Hall–Kier alpha value is -2.06. The summed E-state index contributed by atoms with van der Waals surface area (Å²) >= 11 is 0. The molecule has 2 aromatic rings. The molecule has 0 aliphatic rings. The number of primary sulfonamides is 1. The lowest BCUT2D eigenvalue weighted by Crippen LogP contribution is -2.14. The topological polar surface area (TPSA) is 116 Å². The number of anilines is 3. The number of nitrogens with one attached hydrogen (secondary N) is 1. The molecule has 2 rings (SSSR count). The molecule has 0 spiro atoms. The summed E-state index contributed by atoms with van der Waals surface area (Å²) in [5, 5.41) is 12.3. The second-order valence-electron chi connectivity index (χ2n) is 4.23. The van der Waals surface area contributed by atoms with Crippen LogP contribution in [-0.4, -0.2) is 18.2 Å². The number of sulfonamides is 1. The Morgan fingerprint density at radius 3 is 2.53 bits per heavy atom. The Morgan fingerprint density at radius 2 is 2.00 bits per heavy atom. The molecule has 0 bridgehead atoms. The summed E-state index contributed by atoms with van der Waals surface area (Å²) in [6.07, 6.45) is 1.75. The molecular weight excluding hydrogens is 266 g/mol. The Balaban J connectivity index is 2.49. The summed E-state index contributed by atoms with van der Waals surface area (Å²) in [4.78, 5) is -0.0456. The van der Waals surface area contributed by atoms with Gasteiger partial charge >= 0.3 is 0 Å². The van der Waals surface area contributed by atoms with Crippen molar-refractivity contribution in [3.63, 3.8) is 0 Å². The predicted octanol–water partition coefficient (Wildman–Crippen LogP) is 0.702. The van der Waals surface area contributed by atoms with Crippen LogP contribution in [0.2, 0.25) is 0 Å². The highest BCUT2D eigenvalue weighted by Gasteiger charge is 2.15. The van der Waals surface area contributed by atoms with E-state index in [0.717, 1.165) is 5.69 Å². The van der Waals surface area contributed by atoms with Crippen LogP contribution in [0.3, 0.4) is 0 Å². The summed E-state index contributed by atoms with van der Waals surface area (Å²) in [5.41, 5.74) is 7.74. The highest BCUT2D eigenvalue weighted by molar-refractivity contribution is 7.89. The second kappa shape index (κ2) is 4.56. The predicted molar refractivity (Wildman–Crippen MR) is 73.5 cm³/mol. The van der Waals surface area contributed by atoms with E-state index in [2.05, 4.69) is 10.4 Å². The maximum absolute atomic E-state index is 11.5. The first-order chi connectivity index (χ1) is 8.77. The zero-order valence-corrected chi connectivity index (χ0v) is 11.4. The zero-order valence-electron chi connectivity index (χ0n) is 10.6. The summed E-state index contributed by atoms with van der Waals surface area (Å²) in [7, 11) is -2.07. The molecule has 0 saturated heterocycles. The van der Waals surface area contributed by atoms with Gasteiger partial charge in [0.25, 0.3) is 0 Å². The molecule has 0 amide bonds. The number of hydrogen-bond donors (Lipinski definition) is 3.